The number of nitrogens with zero attached hydrogens (tertiary/aromatic N) is 1. The highest BCUT2D eigenvalue weighted by Gasteiger charge is 2.31. The van der Waals surface area contributed by atoms with Gasteiger partial charge >= 0.3 is 6.18 Å². The molecular formula is C15H21F3N2. The molecule has 0 heterocycles. The lowest BCUT2D eigenvalue weighted by atomic mass is 10.1. The van der Waals surface area contributed by atoms with Gasteiger partial charge in [0, 0.05) is 31.4 Å². The normalized spacial score (nSPS) is 15.4. The van der Waals surface area contributed by atoms with Gasteiger partial charge in [-0.25, -0.2) is 0 Å². The summed E-state index contributed by atoms with van der Waals surface area (Å²) in [5.74, 6) is 0. The predicted molar refractivity (Wildman–Crippen MR) is 74.9 cm³/mol. The highest BCUT2D eigenvalue weighted by Crippen LogP contribution is 2.33. The molecule has 2 rings (SSSR count). The lowest BCUT2D eigenvalue weighted by molar-refractivity contribution is -0.137. The average Bonchev–Trinajstić information content (AvgIpc) is 3.21. The number of alkyl halides is 3. The first-order chi connectivity index (χ1) is 9.45. The van der Waals surface area contributed by atoms with E-state index in [0.29, 0.717) is 12.6 Å². The van der Waals surface area contributed by atoms with Crippen molar-refractivity contribution >= 4 is 5.69 Å². The Morgan fingerprint density at radius 1 is 1.20 bits per heavy atom. The molecule has 1 saturated carbocycles. The van der Waals surface area contributed by atoms with Crippen LogP contribution in [-0.4, -0.2) is 19.1 Å². The number of anilines is 1. The minimum absolute atomic E-state index is 0.481. The lowest BCUT2D eigenvalue weighted by Gasteiger charge is -2.25. The molecule has 0 aromatic heterocycles. The van der Waals surface area contributed by atoms with Gasteiger partial charge in [-0.2, -0.15) is 13.2 Å². The fraction of sp³-hybridized carbons (Fsp3) is 0.600. The van der Waals surface area contributed by atoms with Crippen molar-refractivity contribution in [3.8, 4) is 0 Å². The number of rotatable bonds is 6. The fourth-order valence-corrected chi connectivity index (χ4v) is 2.32. The summed E-state index contributed by atoms with van der Waals surface area (Å²) in [6.45, 7) is 6.11. The zero-order valence-corrected chi connectivity index (χ0v) is 11.9. The Morgan fingerprint density at radius 3 is 2.35 bits per heavy atom. The van der Waals surface area contributed by atoms with E-state index in [4.69, 9.17) is 0 Å². The minimum atomic E-state index is -4.28. The molecule has 1 aromatic rings. The van der Waals surface area contributed by atoms with Gasteiger partial charge in [-0.3, -0.25) is 0 Å². The van der Waals surface area contributed by atoms with Gasteiger partial charge in [-0.05, 0) is 50.5 Å². The van der Waals surface area contributed by atoms with Crippen LogP contribution in [0, 0.1) is 0 Å². The summed E-state index contributed by atoms with van der Waals surface area (Å²) < 4.78 is 38.5. The van der Waals surface area contributed by atoms with Crippen molar-refractivity contribution in [2.45, 2.75) is 45.5 Å². The topological polar surface area (TPSA) is 15.3 Å². The molecule has 0 spiro atoms. The van der Waals surface area contributed by atoms with Crippen molar-refractivity contribution in [2.24, 2.45) is 0 Å². The number of hydrogen-bond donors (Lipinski definition) is 1. The van der Waals surface area contributed by atoms with E-state index in [1.165, 1.54) is 12.1 Å². The van der Waals surface area contributed by atoms with Gasteiger partial charge in [-0.1, -0.05) is 0 Å². The van der Waals surface area contributed by atoms with Gasteiger partial charge in [-0.15, -0.1) is 0 Å². The second-order valence-electron chi connectivity index (χ2n) is 5.17. The molecule has 1 N–H and O–H groups in total. The van der Waals surface area contributed by atoms with Crippen molar-refractivity contribution < 1.29 is 13.2 Å². The number of benzene rings is 1. The zero-order chi connectivity index (χ0) is 14.8. The molecule has 0 bridgehead atoms. The monoisotopic (exact) mass is 286 g/mol. The first-order valence-corrected chi connectivity index (χ1v) is 7.14. The SMILES string of the molecule is CCN(CC)c1ccc(C(F)(F)F)cc1CNC1CC1. The lowest BCUT2D eigenvalue weighted by Crippen LogP contribution is -2.25. The summed E-state index contributed by atoms with van der Waals surface area (Å²) in [5, 5.41) is 3.30. The van der Waals surface area contributed by atoms with Crippen molar-refractivity contribution in [1.82, 2.24) is 5.32 Å². The van der Waals surface area contributed by atoms with E-state index in [2.05, 4.69) is 10.2 Å². The Morgan fingerprint density at radius 2 is 1.85 bits per heavy atom. The van der Waals surface area contributed by atoms with Crippen LogP contribution in [0.4, 0.5) is 18.9 Å². The first kappa shape index (κ1) is 15.2. The average molecular weight is 286 g/mol. The Kier molecular flexibility index (Phi) is 4.58. The van der Waals surface area contributed by atoms with E-state index in [9.17, 15) is 13.2 Å². The van der Waals surface area contributed by atoms with Crippen molar-refractivity contribution in [1.29, 1.82) is 0 Å². The van der Waals surface area contributed by atoms with Gasteiger partial charge in [0.05, 0.1) is 5.56 Å². The maximum Gasteiger partial charge on any atom is 0.416 e. The number of hydrogen-bond acceptors (Lipinski definition) is 2. The maximum absolute atomic E-state index is 12.8. The highest BCUT2D eigenvalue weighted by atomic mass is 19.4. The molecule has 112 valence electrons. The van der Waals surface area contributed by atoms with Crippen LogP contribution in [0.2, 0.25) is 0 Å². The molecule has 0 atom stereocenters. The quantitative estimate of drug-likeness (QED) is 0.855. The second kappa shape index (κ2) is 6.04. The van der Waals surface area contributed by atoms with Gasteiger partial charge in [0.25, 0.3) is 0 Å². The number of nitrogens with one attached hydrogen (secondary N) is 1. The van der Waals surface area contributed by atoms with Crippen molar-refractivity contribution in [3.05, 3.63) is 29.3 Å². The van der Waals surface area contributed by atoms with Crippen molar-refractivity contribution in [3.63, 3.8) is 0 Å². The van der Waals surface area contributed by atoms with Gasteiger partial charge in [0.2, 0.25) is 0 Å². The van der Waals surface area contributed by atoms with E-state index in [0.717, 1.165) is 37.2 Å². The van der Waals surface area contributed by atoms with E-state index < -0.39 is 11.7 Å². The van der Waals surface area contributed by atoms with Gasteiger partial charge < -0.3 is 10.2 Å². The van der Waals surface area contributed by atoms with E-state index in [-0.39, 0.29) is 0 Å². The highest BCUT2D eigenvalue weighted by molar-refractivity contribution is 5.55. The molecule has 5 heteroatoms. The molecule has 1 aromatic carbocycles. The predicted octanol–water partition coefficient (Wildman–Crippen LogP) is 3.80. The summed E-state index contributed by atoms with van der Waals surface area (Å²) >= 11 is 0. The minimum Gasteiger partial charge on any atom is -0.372 e. The summed E-state index contributed by atoms with van der Waals surface area (Å²) in [6.07, 6.45) is -2.03. The van der Waals surface area contributed by atoms with Crippen LogP contribution in [0.25, 0.3) is 0 Å². The van der Waals surface area contributed by atoms with Gasteiger partial charge in [0.1, 0.15) is 0 Å². The summed E-state index contributed by atoms with van der Waals surface area (Å²) in [6, 6.07) is 4.53. The Balaban J connectivity index is 2.28. The Labute approximate surface area is 118 Å². The Hall–Kier alpha value is -1.23. The van der Waals surface area contributed by atoms with Crippen LogP contribution >= 0.6 is 0 Å². The third kappa shape index (κ3) is 3.66. The third-order valence-corrected chi connectivity index (χ3v) is 3.67. The number of halogens is 3. The molecule has 1 fully saturated rings. The molecule has 0 unspecified atom stereocenters. The zero-order valence-electron chi connectivity index (χ0n) is 11.9. The third-order valence-electron chi connectivity index (χ3n) is 3.67. The van der Waals surface area contributed by atoms with E-state index in [1.807, 2.05) is 13.8 Å². The summed E-state index contributed by atoms with van der Waals surface area (Å²) in [4.78, 5) is 2.09. The second-order valence-corrected chi connectivity index (χ2v) is 5.17. The first-order valence-electron chi connectivity index (χ1n) is 7.14. The molecule has 0 saturated heterocycles. The van der Waals surface area contributed by atoms with Crippen LogP contribution in [0.15, 0.2) is 18.2 Å². The molecular weight excluding hydrogens is 265 g/mol. The van der Waals surface area contributed by atoms with E-state index in [1.54, 1.807) is 6.07 Å². The molecule has 1 aliphatic rings. The largest absolute Gasteiger partial charge is 0.416 e. The van der Waals surface area contributed by atoms with Crippen molar-refractivity contribution in [2.75, 3.05) is 18.0 Å². The Bertz CT molecular complexity index is 449. The maximum atomic E-state index is 12.8. The van der Waals surface area contributed by atoms with E-state index >= 15 is 0 Å². The fourth-order valence-electron chi connectivity index (χ4n) is 2.32. The van der Waals surface area contributed by atoms with Crippen LogP contribution in [0.5, 0.6) is 0 Å². The molecule has 0 aliphatic heterocycles. The standard InChI is InChI=1S/C15H21F3N2/c1-3-20(4-2)14-8-5-12(15(16,17)18)9-11(14)10-19-13-6-7-13/h5,8-9,13,19H,3-4,6-7,10H2,1-2H3. The molecule has 2 nitrogen and oxygen atoms in total. The summed E-state index contributed by atoms with van der Waals surface area (Å²) in [5.41, 5.74) is 1.06. The van der Waals surface area contributed by atoms with Crippen LogP contribution in [-0.2, 0) is 12.7 Å². The molecule has 0 amide bonds. The molecule has 0 radical (unpaired) electrons. The van der Waals surface area contributed by atoms with Gasteiger partial charge in [0.15, 0.2) is 0 Å². The smallest absolute Gasteiger partial charge is 0.372 e. The molecule has 1 aliphatic carbocycles. The molecule has 20 heavy (non-hydrogen) atoms. The van der Waals surface area contributed by atoms with Crippen LogP contribution in [0.3, 0.4) is 0 Å². The van der Waals surface area contributed by atoms with Crippen LogP contribution < -0.4 is 10.2 Å². The van der Waals surface area contributed by atoms with Crippen LogP contribution in [0.1, 0.15) is 37.8 Å². The summed E-state index contributed by atoms with van der Waals surface area (Å²) in [7, 11) is 0.